The van der Waals surface area contributed by atoms with Gasteiger partial charge in [0.2, 0.25) is 0 Å². The number of aromatic nitrogens is 3. The van der Waals surface area contributed by atoms with Gasteiger partial charge in [-0.3, -0.25) is 4.79 Å². The zero-order valence-corrected chi connectivity index (χ0v) is 9.35. The zero-order valence-electron chi connectivity index (χ0n) is 9.35. The Balaban J connectivity index is 1.95. The van der Waals surface area contributed by atoms with Crippen LogP contribution in [0.25, 0.3) is 0 Å². The molecular formula is C10H16N4O2. The molecule has 1 atom stereocenters. The number of hydrogen-bond donors (Lipinski definition) is 1. The molecule has 1 saturated heterocycles. The summed E-state index contributed by atoms with van der Waals surface area (Å²) < 4.78 is 6.99. The van der Waals surface area contributed by atoms with E-state index < -0.39 is 0 Å². The topological polar surface area (TPSA) is 69.0 Å². The number of hydrogen-bond acceptors (Lipinski definition) is 5. The molecule has 0 radical (unpaired) electrons. The first kappa shape index (κ1) is 11.2. The van der Waals surface area contributed by atoms with E-state index in [1.807, 2.05) is 6.92 Å². The lowest BCUT2D eigenvalue weighted by atomic mass is 10.1. The van der Waals surface area contributed by atoms with Crippen molar-refractivity contribution in [2.75, 3.05) is 19.8 Å². The average Bonchev–Trinajstić information content (AvgIpc) is 2.77. The number of nitrogens with one attached hydrogen (secondary N) is 1. The molecule has 1 N–H and O–H groups in total. The monoisotopic (exact) mass is 224 g/mol. The van der Waals surface area contributed by atoms with Crippen LogP contribution >= 0.6 is 0 Å². The summed E-state index contributed by atoms with van der Waals surface area (Å²) in [7, 11) is 0. The predicted molar refractivity (Wildman–Crippen MR) is 57.0 cm³/mol. The van der Waals surface area contributed by atoms with Crippen LogP contribution in [0, 0.1) is 0 Å². The molecule has 6 nitrogen and oxygen atoms in total. The second-order valence-corrected chi connectivity index (χ2v) is 3.72. The molecule has 0 saturated carbocycles. The van der Waals surface area contributed by atoms with Gasteiger partial charge in [0.05, 0.1) is 25.7 Å². The van der Waals surface area contributed by atoms with Crippen LogP contribution in [0.3, 0.4) is 0 Å². The van der Waals surface area contributed by atoms with Crippen LogP contribution in [0.1, 0.15) is 12.7 Å². The Kier molecular flexibility index (Phi) is 3.63. The Labute approximate surface area is 94.0 Å². The van der Waals surface area contributed by atoms with Crippen molar-refractivity contribution in [3.63, 3.8) is 0 Å². The predicted octanol–water partition coefficient (Wildman–Crippen LogP) is -0.602. The van der Waals surface area contributed by atoms with E-state index in [2.05, 4.69) is 15.4 Å². The third-order valence-electron chi connectivity index (χ3n) is 2.64. The number of rotatable bonds is 4. The Hall–Kier alpha value is -1.27. The molecule has 1 aliphatic rings. The smallest absolute Gasteiger partial charge is 0.159 e. The molecule has 0 aliphatic carbocycles. The van der Waals surface area contributed by atoms with Crippen LogP contribution in [0.2, 0.25) is 0 Å². The molecule has 0 spiro atoms. The second-order valence-electron chi connectivity index (χ2n) is 3.72. The maximum absolute atomic E-state index is 11.9. The van der Waals surface area contributed by atoms with Gasteiger partial charge in [-0.15, -0.1) is 0 Å². The van der Waals surface area contributed by atoms with Crippen molar-refractivity contribution >= 4 is 5.78 Å². The van der Waals surface area contributed by atoms with Crippen molar-refractivity contribution in [2.24, 2.45) is 0 Å². The lowest BCUT2D eigenvalue weighted by Crippen LogP contribution is -2.47. The highest BCUT2D eigenvalue weighted by molar-refractivity contribution is 5.85. The van der Waals surface area contributed by atoms with Crippen molar-refractivity contribution in [1.82, 2.24) is 20.1 Å². The van der Waals surface area contributed by atoms with Crippen molar-refractivity contribution in [2.45, 2.75) is 25.9 Å². The molecule has 88 valence electrons. The third kappa shape index (κ3) is 2.45. The molecule has 6 heteroatoms. The van der Waals surface area contributed by atoms with Gasteiger partial charge in [0.25, 0.3) is 0 Å². The third-order valence-corrected chi connectivity index (χ3v) is 2.64. The normalized spacial score (nSPS) is 20.9. The molecule has 0 aromatic carbocycles. The molecule has 1 aromatic rings. The summed E-state index contributed by atoms with van der Waals surface area (Å²) in [5.41, 5.74) is 0. The van der Waals surface area contributed by atoms with E-state index in [-0.39, 0.29) is 11.8 Å². The van der Waals surface area contributed by atoms with E-state index in [0.717, 1.165) is 18.9 Å². The van der Waals surface area contributed by atoms with Crippen LogP contribution in [0.5, 0.6) is 0 Å². The standard InChI is InChI=1S/C10H16N4O2/c1-2-14-10(12-7-13-14)5-9(15)8-6-16-4-3-11-8/h7-8,11H,2-6H2,1H3. The van der Waals surface area contributed by atoms with Gasteiger partial charge in [0.1, 0.15) is 12.2 Å². The first-order chi connectivity index (χ1) is 7.81. The number of carbonyl (C=O) groups is 1. The van der Waals surface area contributed by atoms with Gasteiger partial charge >= 0.3 is 0 Å². The van der Waals surface area contributed by atoms with Gasteiger partial charge in [-0.05, 0) is 6.92 Å². The highest BCUT2D eigenvalue weighted by atomic mass is 16.5. The summed E-state index contributed by atoms with van der Waals surface area (Å²) in [6.07, 6.45) is 1.80. The molecule has 1 aromatic heterocycles. The highest BCUT2D eigenvalue weighted by Crippen LogP contribution is 2.02. The number of morpholine rings is 1. The molecule has 2 heterocycles. The number of aryl methyl sites for hydroxylation is 1. The van der Waals surface area contributed by atoms with E-state index in [9.17, 15) is 4.79 Å². The van der Waals surface area contributed by atoms with Crippen molar-refractivity contribution < 1.29 is 9.53 Å². The lowest BCUT2D eigenvalue weighted by molar-refractivity contribution is -0.123. The minimum Gasteiger partial charge on any atom is -0.378 e. The largest absolute Gasteiger partial charge is 0.378 e. The number of nitrogens with zero attached hydrogens (tertiary/aromatic N) is 3. The van der Waals surface area contributed by atoms with E-state index in [1.165, 1.54) is 6.33 Å². The Morgan fingerprint density at radius 2 is 2.62 bits per heavy atom. The van der Waals surface area contributed by atoms with E-state index >= 15 is 0 Å². The molecule has 16 heavy (non-hydrogen) atoms. The number of ketones is 1. The molecule has 0 bridgehead atoms. The maximum Gasteiger partial charge on any atom is 0.159 e. The highest BCUT2D eigenvalue weighted by Gasteiger charge is 2.22. The van der Waals surface area contributed by atoms with Gasteiger partial charge in [0.15, 0.2) is 5.78 Å². The second kappa shape index (κ2) is 5.18. The van der Waals surface area contributed by atoms with Crippen LogP contribution in [-0.4, -0.2) is 46.3 Å². The summed E-state index contributed by atoms with van der Waals surface area (Å²) in [4.78, 5) is 16.0. The fourth-order valence-electron chi connectivity index (χ4n) is 1.74. The van der Waals surface area contributed by atoms with Gasteiger partial charge < -0.3 is 10.1 Å². The molecule has 1 aliphatic heterocycles. The number of Topliss-reactive ketones (excluding diaryl/α,β-unsaturated/α-hetero) is 1. The van der Waals surface area contributed by atoms with Gasteiger partial charge in [0, 0.05) is 13.1 Å². The van der Waals surface area contributed by atoms with Gasteiger partial charge in [-0.2, -0.15) is 5.10 Å². The fourth-order valence-corrected chi connectivity index (χ4v) is 1.74. The Morgan fingerprint density at radius 3 is 3.31 bits per heavy atom. The molecule has 1 unspecified atom stereocenters. The van der Waals surface area contributed by atoms with Crippen molar-refractivity contribution in [3.8, 4) is 0 Å². The number of ether oxygens (including phenoxy) is 1. The van der Waals surface area contributed by atoms with Gasteiger partial charge in [-0.1, -0.05) is 0 Å². The van der Waals surface area contributed by atoms with Crippen LogP contribution in [0.4, 0.5) is 0 Å². The minimum absolute atomic E-state index is 0.113. The number of carbonyl (C=O) groups excluding carboxylic acids is 1. The summed E-state index contributed by atoms with van der Waals surface area (Å²) in [6.45, 7) is 4.58. The Morgan fingerprint density at radius 1 is 1.75 bits per heavy atom. The van der Waals surface area contributed by atoms with E-state index in [0.29, 0.717) is 19.6 Å². The van der Waals surface area contributed by atoms with Crippen LogP contribution in [-0.2, 0) is 22.5 Å². The van der Waals surface area contributed by atoms with Crippen molar-refractivity contribution in [1.29, 1.82) is 0 Å². The molecule has 1 fully saturated rings. The first-order valence-corrected chi connectivity index (χ1v) is 5.51. The lowest BCUT2D eigenvalue weighted by Gasteiger charge is -2.22. The minimum atomic E-state index is -0.198. The maximum atomic E-state index is 11.9. The summed E-state index contributed by atoms with van der Waals surface area (Å²) in [5.74, 6) is 0.835. The molecule has 2 rings (SSSR count). The zero-order chi connectivity index (χ0) is 11.4. The SMILES string of the molecule is CCn1ncnc1CC(=O)C1COCCN1. The van der Waals surface area contributed by atoms with E-state index in [4.69, 9.17) is 4.74 Å². The Bertz CT molecular complexity index is 357. The van der Waals surface area contributed by atoms with Crippen molar-refractivity contribution in [3.05, 3.63) is 12.2 Å². The molecule has 0 amide bonds. The van der Waals surface area contributed by atoms with Crippen LogP contribution < -0.4 is 5.32 Å². The molecular weight excluding hydrogens is 208 g/mol. The summed E-state index contributed by atoms with van der Waals surface area (Å²) in [6, 6.07) is -0.198. The van der Waals surface area contributed by atoms with Crippen LogP contribution in [0.15, 0.2) is 6.33 Å². The van der Waals surface area contributed by atoms with E-state index in [1.54, 1.807) is 4.68 Å². The first-order valence-electron chi connectivity index (χ1n) is 5.51. The van der Waals surface area contributed by atoms with Gasteiger partial charge in [-0.25, -0.2) is 9.67 Å². The summed E-state index contributed by atoms with van der Waals surface area (Å²) in [5, 5.41) is 7.17. The fraction of sp³-hybridized carbons (Fsp3) is 0.700. The quantitative estimate of drug-likeness (QED) is 0.739. The average molecular weight is 224 g/mol. The summed E-state index contributed by atoms with van der Waals surface area (Å²) >= 11 is 0.